The second-order valence-corrected chi connectivity index (χ2v) is 7.83. The zero-order chi connectivity index (χ0) is 13.7. The quantitative estimate of drug-likeness (QED) is 0.806. The first-order valence-electron chi connectivity index (χ1n) is 8.53. The first-order valence-corrected chi connectivity index (χ1v) is 9.68. The summed E-state index contributed by atoms with van der Waals surface area (Å²) in [7, 11) is 0. The third kappa shape index (κ3) is 3.70. The summed E-state index contributed by atoms with van der Waals surface area (Å²) in [6.07, 6.45) is 9.84. The fraction of sp³-hybridized carbons (Fsp3) is 1.00. The minimum absolute atomic E-state index is 0.424. The van der Waals surface area contributed by atoms with Crippen molar-refractivity contribution in [2.45, 2.75) is 56.5 Å². The lowest BCUT2D eigenvalue weighted by Crippen LogP contribution is -2.59. The van der Waals surface area contributed by atoms with Gasteiger partial charge >= 0.3 is 0 Å². The van der Waals surface area contributed by atoms with Gasteiger partial charge in [-0.05, 0) is 25.0 Å². The van der Waals surface area contributed by atoms with Gasteiger partial charge in [0, 0.05) is 37.0 Å². The van der Waals surface area contributed by atoms with Gasteiger partial charge in [0.2, 0.25) is 0 Å². The predicted molar refractivity (Wildman–Crippen MR) is 86.6 cm³/mol. The number of nitrogens with zero attached hydrogens (tertiary/aromatic N) is 1. The van der Waals surface area contributed by atoms with Crippen LogP contribution in [0.5, 0.6) is 0 Å². The van der Waals surface area contributed by atoms with Crippen LogP contribution in [0.15, 0.2) is 0 Å². The molecule has 3 rings (SSSR count). The molecule has 0 unspecified atom stereocenters. The average Bonchev–Trinajstić information content (AvgIpc) is 2.91. The molecule has 3 nitrogen and oxygen atoms in total. The van der Waals surface area contributed by atoms with Crippen molar-refractivity contribution in [3.63, 3.8) is 0 Å². The van der Waals surface area contributed by atoms with Crippen LogP contribution in [0.1, 0.15) is 44.9 Å². The van der Waals surface area contributed by atoms with E-state index in [0.717, 1.165) is 32.3 Å². The minimum Gasteiger partial charge on any atom is -0.379 e. The van der Waals surface area contributed by atoms with Crippen molar-refractivity contribution < 1.29 is 4.74 Å². The molecule has 3 aliphatic rings. The molecule has 0 amide bonds. The van der Waals surface area contributed by atoms with Crippen molar-refractivity contribution in [3.8, 4) is 0 Å². The number of ether oxygens (including phenoxy) is 1. The van der Waals surface area contributed by atoms with Crippen LogP contribution in [0, 0.1) is 0 Å². The van der Waals surface area contributed by atoms with E-state index in [4.69, 9.17) is 4.74 Å². The maximum absolute atomic E-state index is 5.58. The molecule has 1 N–H and O–H groups in total. The van der Waals surface area contributed by atoms with Crippen LogP contribution < -0.4 is 5.32 Å². The molecule has 0 spiro atoms. The first kappa shape index (κ1) is 15.1. The molecule has 0 radical (unpaired) electrons. The molecule has 4 heteroatoms. The van der Waals surface area contributed by atoms with Gasteiger partial charge in [0.15, 0.2) is 0 Å². The van der Waals surface area contributed by atoms with Gasteiger partial charge in [-0.3, -0.25) is 4.90 Å². The van der Waals surface area contributed by atoms with Crippen LogP contribution in [0.4, 0.5) is 0 Å². The molecular formula is C16H30N2OS. The zero-order valence-corrected chi connectivity index (χ0v) is 13.6. The molecule has 2 aliphatic heterocycles. The fourth-order valence-electron chi connectivity index (χ4n) is 4.06. The number of hydrogen-bond acceptors (Lipinski definition) is 4. The molecule has 1 atom stereocenters. The monoisotopic (exact) mass is 298 g/mol. The van der Waals surface area contributed by atoms with Crippen molar-refractivity contribution in [2.24, 2.45) is 0 Å². The lowest BCUT2D eigenvalue weighted by atomic mass is 9.87. The van der Waals surface area contributed by atoms with Gasteiger partial charge in [0.25, 0.3) is 0 Å². The third-order valence-electron chi connectivity index (χ3n) is 5.37. The molecule has 2 heterocycles. The molecule has 0 aromatic carbocycles. The minimum atomic E-state index is 0.424. The van der Waals surface area contributed by atoms with Gasteiger partial charge in [-0.2, -0.15) is 11.8 Å². The van der Waals surface area contributed by atoms with Gasteiger partial charge in [0.05, 0.1) is 13.2 Å². The lowest BCUT2D eigenvalue weighted by molar-refractivity contribution is -0.0293. The molecule has 116 valence electrons. The first-order chi connectivity index (χ1) is 9.89. The standard InChI is InChI=1S/C16H30N2OS/c1-2-4-7-16(6-3-1,18-8-10-19-11-9-18)14-17-15-5-12-20-13-15/h15,17H,1-14H2/t15-/m1/s1. The second kappa shape index (κ2) is 7.48. The Hall–Kier alpha value is 0.230. The number of hydrogen-bond donors (Lipinski definition) is 1. The summed E-state index contributed by atoms with van der Waals surface area (Å²) in [5.74, 6) is 2.67. The van der Waals surface area contributed by atoms with Crippen molar-refractivity contribution >= 4 is 11.8 Å². The highest BCUT2D eigenvalue weighted by molar-refractivity contribution is 7.99. The van der Waals surface area contributed by atoms with Gasteiger partial charge in [-0.15, -0.1) is 0 Å². The van der Waals surface area contributed by atoms with Crippen molar-refractivity contribution in [1.29, 1.82) is 0 Å². The summed E-state index contributed by atoms with van der Waals surface area (Å²) in [6, 6.07) is 0.765. The second-order valence-electron chi connectivity index (χ2n) is 6.68. The SMILES string of the molecule is C1CCCC(CN[C@@H]2CCSC2)(N2CCOCC2)CC1. The van der Waals surface area contributed by atoms with E-state index in [9.17, 15) is 0 Å². The Morgan fingerprint density at radius 2 is 1.85 bits per heavy atom. The van der Waals surface area contributed by atoms with Crippen molar-refractivity contribution in [2.75, 3.05) is 44.4 Å². The van der Waals surface area contributed by atoms with Crippen LogP contribution in [-0.2, 0) is 4.74 Å². The van der Waals surface area contributed by atoms with E-state index in [1.807, 2.05) is 0 Å². The van der Waals surface area contributed by atoms with E-state index < -0.39 is 0 Å². The number of rotatable bonds is 4. The predicted octanol–water partition coefficient (Wildman–Crippen LogP) is 2.51. The van der Waals surface area contributed by atoms with Crippen molar-refractivity contribution in [3.05, 3.63) is 0 Å². The molecule has 0 aromatic rings. The highest BCUT2D eigenvalue weighted by Gasteiger charge is 2.38. The Bertz CT molecular complexity index is 280. The Morgan fingerprint density at radius 1 is 1.10 bits per heavy atom. The topological polar surface area (TPSA) is 24.5 Å². The van der Waals surface area contributed by atoms with E-state index in [2.05, 4.69) is 22.0 Å². The fourth-order valence-corrected chi connectivity index (χ4v) is 5.25. The summed E-state index contributed by atoms with van der Waals surface area (Å²) < 4.78 is 5.58. The normalized spacial score (nSPS) is 32.1. The third-order valence-corrected chi connectivity index (χ3v) is 6.53. The maximum atomic E-state index is 5.58. The summed E-state index contributed by atoms with van der Waals surface area (Å²) in [4.78, 5) is 2.76. The van der Waals surface area contributed by atoms with Crippen molar-refractivity contribution in [1.82, 2.24) is 10.2 Å². The summed E-state index contributed by atoms with van der Waals surface area (Å²) >= 11 is 2.11. The molecule has 1 saturated carbocycles. The Morgan fingerprint density at radius 3 is 2.50 bits per heavy atom. The van der Waals surface area contributed by atoms with Gasteiger partial charge in [-0.1, -0.05) is 25.7 Å². The molecule has 0 bridgehead atoms. The molecule has 1 aliphatic carbocycles. The highest BCUT2D eigenvalue weighted by atomic mass is 32.2. The van der Waals surface area contributed by atoms with E-state index in [0.29, 0.717) is 5.54 Å². The zero-order valence-electron chi connectivity index (χ0n) is 12.7. The van der Waals surface area contributed by atoms with Crippen LogP contribution in [0.25, 0.3) is 0 Å². The van der Waals surface area contributed by atoms with E-state index >= 15 is 0 Å². The highest BCUT2D eigenvalue weighted by Crippen LogP contribution is 2.33. The van der Waals surface area contributed by atoms with E-state index in [1.165, 1.54) is 63.0 Å². The van der Waals surface area contributed by atoms with Crippen LogP contribution in [-0.4, -0.2) is 60.8 Å². The smallest absolute Gasteiger partial charge is 0.0594 e. The summed E-state index contributed by atoms with van der Waals surface area (Å²) in [6.45, 7) is 5.35. The largest absolute Gasteiger partial charge is 0.379 e. The number of nitrogens with one attached hydrogen (secondary N) is 1. The van der Waals surface area contributed by atoms with E-state index in [1.54, 1.807) is 0 Å². The average molecular weight is 298 g/mol. The van der Waals surface area contributed by atoms with Gasteiger partial charge in [-0.25, -0.2) is 0 Å². The number of morpholine rings is 1. The molecule has 0 aromatic heterocycles. The summed E-state index contributed by atoms with van der Waals surface area (Å²) in [5.41, 5.74) is 0.424. The van der Waals surface area contributed by atoms with Crippen LogP contribution in [0.3, 0.4) is 0 Å². The lowest BCUT2D eigenvalue weighted by Gasteiger charge is -2.46. The maximum Gasteiger partial charge on any atom is 0.0594 e. The number of thioether (sulfide) groups is 1. The van der Waals surface area contributed by atoms with Crippen LogP contribution in [0.2, 0.25) is 0 Å². The van der Waals surface area contributed by atoms with Gasteiger partial charge < -0.3 is 10.1 Å². The Kier molecular flexibility index (Phi) is 5.66. The summed E-state index contributed by atoms with van der Waals surface area (Å²) in [5, 5.41) is 3.91. The van der Waals surface area contributed by atoms with Gasteiger partial charge in [0.1, 0.15) is 0 Å². The Labute approximate surface area is 128 Å². The molecule has 20 heavy (non-hydrogen) atoms. The van der Waals surface area contributed by atoms with Crippen LogP contribution >= 0.6 is 11.8 Å². The Balaban J connectivity index is 1.64. The molecule has 2 saturated heterocycles. The molecular weight excluding hydrogens is 268 g/mol. The molecule has 3 fully saturated rings. The van der Waals surface area contributed by atoms with E-state index in [-0.39, 0.29) is 0 Å².